The van der Waals surface area contributed by atoms with Gasteiger partial charge in [0.1, 0.15) is 0 Å². The van der Waals surface area contributed by atoms with Crippen LogP contribution in [0.2, 0.25) is 0 Å². The first kappa shape index (κ1) is 20.5. The predicted molar refractivity (Wildman–Crippen MR) is 103 cm³/mol. The molecule has 3 aromatic rings. The molecule has 0 aliphatic rings. The van der Waals surface area contributed by atoms with Crippen LogP contribution < -0.4 is 9.47 Å². The van der Waals surface area contributed by atoms with Gasteiger partial charge in [0.25, 0.3) is 5.91 Å². The van der Waals surface area contributed by atoms with E-state index in [0.29, 0.717) is 16.8 Å². The minimum atomic E-state index is -2.94. The van der Waals surface area contributed by atoms with Crippen molar-refractivity contribution >= 4 is 16.9 Å². The summed E-state index contributed by atoms with van der Waals surface area (Å²) in [6.07, 6.45) is 0. The summed E-state index contributed by atoms with van der Waals surface area (Å²) in [5.41, 5.74) is 3.32. The quantitative estimate of drug-likeness (QED) is 0.629. The monoisotopic (exact) mass is 404 g/mol. The van der Waals surface area contributed by atoms with Gasteiger partial charge in [0.05, 0.1) is 24.1 Å². The topological polar surface area (TPSA) is 69.5 Å². The molecule has 2 heterocycles. The number of carbonyl (C=O) groups excluding carboxylic acids is 1. The molecule has 154 valence electrons. The third kappa shape index (κ3) is 4.13. The van der Waals surface area contributed by atoms with Crippen molar-refractivity contribution in [3.05, 3.63) is 46.8 Å². The molecule has 0 fully saturated rings. The molecule has 0 unspecified atom stereocenters. The summed E-state index contributed by atoms with van der Waals surface area (Å²) in [5, 5.41) is 5.17. The van der Waals surface area contributed by atoms with Crippen molar-refractivity contribution in [2.45, 2.75) is 27.0 Å². The molecule has 0 saturated heterocycles. The normalized spacial score (nSPS) is 11.2. The van der Waals surface area contributed by atoms with Crippen LogP contribution in [0.4, 0.5) is 8.78 Å². The molecule has 0 spiro atoms. The number of aryl methyl sites for hydroxylation is 3. The van der Waals surface area contributed by atoms with Gasteiger partial charge < -0.3 is 14.4 Å². The first-order valence-corrected chi connectivity index (χ1v) is 8.89. The van der Waals surface area contributed by atoms with Gasteiger partial charge in [-0.2, -0.15) is 13.9 Å². The first-order valence-electron chi connectivity index (χ1n) is 8.89. The number of hydrogen-bond donors (Lipinski definition) is 0. The molecule has 0 N–H and O–H groups in total. The number of nitrogens with zero attached hydrogens (tertiary/aromatic N) is 4. The number of hydrogen-bond acceptors (Lipinski definition) is 5. The maximum absolute atomic E-state index is 13.0. The fourth-order valence-corrected chi connectivity index (χ4v) is 3.20. The number of benzene rings is 1. The predicted octanol–water partition coefficient (Wildman–Crippen LogP) is 3.47. The average molecular weight is 404 g/mol. The Labute approximate surface area is 166 Å². The Kier molecular flexibility index (Phi) is 5.67. The Morgan fingerprint density at radius 1 is 1.21 bits per heavy atom. The summed E-state index contributed by atoms with van der Waals surface area (Å²) in [6, 6.07) is 6.39. The summed E-state index contributed by atoms with van der Waals surface area (Å²) < 4.78 is 36.2. The molecule has 2 aromatic heterocycles. The molecule has 1 aromatic carbocycles. The lowest BCUT2D eigenvalue weighted by atomic mass is 10.1. The lowest BCUT2D eigenvalue weighted by Gasteiger charge is -2.19. The molecular formula is C20H22F2N4O3. The zero-order chi connectivity index (χ0) is 21.3. The summed E-state index contributed by atoms with van der Waals surface area (Å²) in [6.45, 7) is 0.961. The van der Waals surface area contributed by atoms with Crippen molar-refractivity contribution in [3.8, 4) is 11.5 Å². The second kappa shape index (κ2) is 8.02. The highest BCUT2D eigenvalue weighted by Gasteiger charge is 2.19. The van der Waals surface area contributed by atoms with Crippen LogP contribution in [-0.2, 0) is 13.6 Å². The number of amides is 1. The Bertz CT molecular complexity index is 1070. The molecule has 0 aliphatic carbocycles. The van der Waals surface area contributed by atoms with E-state index in [1.54, 1.807) is 36.9 Å². The Morgan fingerprint density at radius 3 is 2.59 bits per heavy atom. The van der Waals surface area contributed by atoms with Crippen molar-refractivity contribution < 1.29 is 23.0 Å². The lowest BCUT2D eigenvalue weighted by molar-refractivity contribution is -0.0512. The molecule has 0 saturated carbocycles. The Hall–Kier alpha value is -3.23. The van der Waals surface area contributed by atoms with E-state index in [2.05, 4.69) is 14.8 Å². The number of pyridine rings is 1. The van der Waals surface area contributed by atoms with Gasteiger partial charge in [-0.3, -0.25) is 9.48 Å². The minimum Gasteiger partial charge on any atom is -0.493 e. The van der Waals surface area contributed by atoms with Crippen molar-refractivity contribution in [1.82, 2.24) is 19.7 Å². The zero-order valence-electron chi connectivity index (χ0n) is 16.9. The largest absolute Gasteiger partial charge is 0.493 e. The van der Waals surface area contributed by atoms with E-state index < -0.39 is 6.61 Å². The van der Waals surface area contributed by atoms with Gasteiger partial charge in [-0.25, -0.2) is 4.98 Å². The molecular weight excluding hydrogens is 382 g/mol. The third-order valence-corrected chi connectivity index (χ3v) is 4.63. The summed E-state index contributed by atoms with van der Waals surface area (Å²) in [4.78, 5) is 19.1. The second-order valence-corrected chi connectivity index (χ2v) is 6.73. The summed E-state index contributed by atoms with van der Waals surface area (Å²) in [7, 11) is 4.84. The smallest absolute Gasteiger partial charge is 0.387 e. The van der Waals surface area contributed by atoms with Gasteiger partial charge in [0.2, 0.25) is 0 Å². The van der Waals surface area contributed by atoms with Crippen LogP contribution in [-0.4, -0.2) is 46.3 Å². The lowest BCUT2D eigenvalue weighted by Crippen LogP contribution is -2.27. The van der Waals surface area contributed by atoms with E-state index in [1.165, 1.54) is 18.1 Å². The minimum absolute atomic E-state index is 0.0576. The standard InChI is InChI=1S/C20H22F2N4O3/c1-11-15(9-14-12(2)24-26(4)18(14)23-11)19(27)25(3)10-13-6-7-16(29-20(21)22)17(8-13)28-5/h6-9,20H,10H2,1-5H3. The van der Waals surface area contributed by atoms with Gasteiger partial charge in [0, 0.05) is 26.0 Å². The number of ether oxygens (including phenoxy) is 2. The summed E-state index contributed by atoms with van der Waals surface area (Å²) in [5.74, 6) is -0.0845. The molecule has 0 aliphatic heterocycles. The molecule has 9 heteroatoms. The van der Waals surface area contributed by atoms with Crippen LogP contribution in [0.1, 0.15) is 27.3 Å². The number of methoxy groups -OCH3 is 1. The van der Waals surface area contributed by atoms with Crippen LogP contribution in [0, 0.1) is 13.8 Å². The van der Waals surface area contributed by atoms with E-state index in [9.17, 15) is 13.6 Å². The maximum Gasteiger partial charge on any atom is 0.387 e. The molecule has 0 bridgehead atoms. The molecule has 29 heavy (non-hydrogen) atoms. The average Bonchev–Trinajstić information content (AvgIpc) is 2.94. The van der Waals surface area contributed by atoms with E-state index in [0.717, 1.165) is 16.7 Å². The number of halogens is 2. The fourth-order valence-electron chi connectivity index (χ4n) is 3.20. The highest BCUT2D eigenvalue weighted by atomic mass is 19.3. The van der Waals surface area contributed by atoms with Crippen molar-refractivity contribution in [3.63, 3.8) is 0 Å². The SMILES string of the molecule is COc1cc(CN(C)C(=O)c2cc3c(C)nn(C)c3nc2C)ccc1OC(F)F. The molecule has 7 nitrogen and oxygen atoms in total. The maximum atomic E-state index is 13.0. The number of rotatable bonds is 6. The van der Waals surface area contributed by atoms with Crippen LogP contribution in [0.15, 0.2) is 24.3 Å². The van der Waals surface area contributed by atoms with E-state index in [-0.39, 0.29) is 24.0 Å². The van der Waals surface area contributed by atoms with Gasteiger partial charge in [-0.1, -0.05) is 6.07 Å². The van der Waals surface area contributed by atoms with Gasteiger partial charge in [-0.05, 0) is 37.6 Å². The number of fused-ring (bicyclic) bond motifs is 1. The van der Waals surface area contributed by atoms with Crippen molar-refractivity contribution in [2.75, 3.05) is 14.2 Å². The van der Waals surface area contributed by atoms with Crippen molar-refractivity contribution in [1.29, 1.82) is 0 Å². The fraction of sp³-hybridized carbons (Fsp3) is 0.350. The molecule has 0 atom stereocenters. The highest BCUT2D eigenvalue weighted by molar-refractivity contribution is 5.98. The van der Waals surface area contributed by atoms with E-state index >= 15 is 0 Å². The van der Waals surface area contributed by atoms with Crippen molar-refractivity contribution in [2.24, 2.45) is 7.05 Å². The van der Waals surface area contributed by atoms with Crippen LogP contribution in [0.5, 0.6) is 11.5 Å². The van der Waals surface area contributed by atoms with Crippen LogP contribution in [0.3, 0.4) is 0 Å². The van der Waals surface area contributed by atoms with E-state index in [4.69, 9.17) is 4.74 Å². The summed E-state index contributed by atoms with van der Waals surface area (Å²) >= 11 is 0. The van der Waals surface area contributed by atoms with Gasteiger partial charge in [0.15, 0.2) is 17.1 Å². The Morgan fingerprint density at radius 2 is 1.93 bits per heavy atom. The van der Waals surface area contributed by atoms with Gasteiger partial charge >= 0.3 is 6.61 Å². The molecule has 0 radical (unpaired) electrons. The number of alkyl halides is 2. The highest BCUT2D eigenvalue weighted by Crippen LogP contribution is 2.30. The van der Waals surface area contributed by atoms with Gasteiger partial charge in [-0.15, -0.1) is 0 Å². The molecule has 1 amide bonds. The second-order valence-electron chi connectivity index (χ2n) is 6.73. The first-order chi connectivity index (χ1) is 13.7. The Balaban J connectivity index is 1.85. The number of carbonyl (C=O) groups is 1. The third-order valence-electron chi connectivity index (χ3n) is 4.63. The van der Waals surface area contributed by atoms with Crippen LogP contribution in [0.25, 0.3) is 11.0 Å². The molecule has 3 rings (SSSR count). The van der Waals surface area contributed by atoms with E-state index in [1.807, 2.05) is 14.0 Å². The number of aromatic nitrogens is 3. The zero-order valence-corrected chi connectivity index (χ0v) is 16.9. The van der Waals surface area contributed by atoms with Crippen LogP contribution >= 0.6 is 0 Å².